The van der Waals surface area contributed by atoms with E-state index in [0.29, 0.717) is 18.6 Å². The maximum Gasteiger partial charge on any atom is 0.471 e. The normalized spacial score (nSPS) is 12.2. The number of halogens is 3. The summed E-state index contributed by atoms with van der Waals surface area (Å²) in [6, 6.07) is 6.52. The van der Waals surface area contributed by atoms with E-state index in [1.807, 2.05) is 27.7 Å². The summed E-state index contributed by atoms with van der Waals surface area (Å²) in [7, 11) is 0. The van der Waals surface area contributed by atoms with Gasteiger partial charge in [0.25, 0.3) is 0 Å². The number of rotatable bonds is 7. The van der Waals surface area contributed by atoms with Gasteiger partial charge in [-0.1, -0.05) is 57.1 Å². The predicted octanol–water partition coefficient (Wildman–Crippen LogP) is 4.86. The molecule has 0 spiro atoms. The minimum absolute atomic E-state index is 0.127. The molecule has 0 N–H and O–H groups in total. The van der Waals surface area contributed by atoms with Crippen molar-refractivity contribution in [3.8, 4) is 11.4 Å². The Kier molecular flexibility index (Phi) is 6.82. The summed E-state index contributed by atoms with van der Waals surface area (Å²) >= 11 is 0. The van der Waals surface area contributed by atoms with Crippen molar-refractivity contribution in [1.82, 2.24) is 15.2 Å². The third kappa shape index (κ3) is 6.33. The van der Waals surface area contributed by atoms with E-state index in [9.17, 15) is 18.0 Å². The topological polar surface area (TPSA) is 68.5 Å². The Balaban J connectivity index is 2.11. The first-order valence-electron chi connectivity index (χ1n) is 8.93. The second-order valence-corrected chi connectivity index (χ2v) is 7.62. The van der Waals surface area contributed by atoms with Gasteiger partial charge in [-0.2, -0.15) is 18.2 Å². The largest absolute Gasteiger partial charge is 0.471 e. The zero-order valence-corrected chi connectivity index (χ0v) is 16.3. The SMILES string of the molecule is CCCON(Cc1ccc(-c2noc(C(F)(F)F)n2)cc1)C(=O)CC(C)(C)C. The third-order valence-corrected chi connectivity index (χ3v) is 3.62. The Hall–Kier alpha value is -2.42. The molecule has 0 unspecified atom stereocenters. The van der Waals surface area contributed by atoms with Gasteiger partial charge in [0.15, 0.2) is 0 Å². The molecule has 1 amide bonds. The van der Waals surface area contributed by atoms with Crippen LogP contribution in [0, 0.1) is 5.41 Å². The molecule has 1 aromatic heterocycles. The summed E-state index contributed by atoms with van der Waals surface area (Å²) in [6.45, 7) is 8.50. The molecule has 0 fully saturated rings. The number of hydrogen-bond donors (Lipinski definition) is 0. The Morgan fingerprint density at radius 3 is 2.32 bits per heavy atom. The van der Waals surface area contributed by atoms with Crippen LogP contribution in [0.4, 0.5) is 13.2 Å². The number of carbonyl (C=O) groups is 1. The fraction of sp³-hybridized carbons (Fsp3) is 0.526. The van der Waals surface area contributed by atoms with Gasteiger partial charge in [0.05, 0.1) is 13.2 Å². The van der Waals surface area contributed by atoms with Crippen molar-refractivity contribution in [2.45, 2.75) is 53.3 Å². The van der Waals surface area contributed by atoms with Crippen LogP contribution in [0.5, 0.6) is 0 Å². The predicted molar refractivity (Wildman–Crippen MR) is 95.6 cm³/mol. The molecule has 0 bridgehead atoms. The van der Waals surface area contributed by atoms with E-state index in [1.54, 1.807) is 24.3 Å². The average molecular weight is 399 g/mol. The van der Waals surface area contributed by atoms with E-state index in [2.05, 4.69) is 14.7 Å². The lowest BCUT2D eigenvalue weighted by molar-refractivity contribution is -0.192. The molecular weight excluding hydrogens is 375 g/mol. The van der Waals surface area contributed by atoms with Crippen LogP contribution in [0.15, 0.2) is 28.8 Å². The maximum absolute atomic E-state index is 12.6. The number of amides is 1. The van der Waals surface area contributed by atoms with E-state index < -0.39 is 12.1 Å². The molecule has 154 valence electrons. The fourth-order valence-electron chi connectivity index (χ4n) is 2.33. The van der Waals surface area contributed by atoms with Crippen LogP contribution in [0.1, 0.15) is 52.0 Å². The number of aromatic nitrogens is 2. The van der Waals surface area contributed by atoms with Crippen LogP contribution < -0.4 is 0 Å². The van der Waals surface area contributed by atoms with Crippen molar-refractivity contribution >= 4 is 5.91 Å². The summed E-state index contributed by atoms with van der Waals surface area (Å²) in [5, 5.41) is 4.69. The van der Waals surface area contributed by atoms with Crippen molar-refractivity contribution in [1.29, 1.82) is 0 Å². The van der Waals surface area contributed by atoms with Gasteiger partial charge in [-0.3, -0.25) is 9.63 Å². The number of hydrogen-bond acceptors (Lipinski definition) is 5. The summed E-state index contributed by atoms with van der Waals surface area (Å²) in [5.74, 6) is -1.67. The van der Waals surface area contributed by atoms with E-state index in [1.165, 1.54) is 5.06 Å². The van der Waals surface area contributed by atoms with E-state index in [4.69, 9.17) is 4.84 Å². The monoisotopic (exact) mass is 399 g/mol. The minimum atomic E-state index is -4.68. The number of benzene rings is 1. The molecule has 0 aliphatic heterocycles. The van der Waals surface area contributed by atoms with Gasteiger partial charge in [-0.15, -0.1) is 0 Å². The van der Waals surface area contributed by atoms with Gasteiger partial charge in [-0.05, 0) is 17.4 Å². The number of hydroxylamine groups is 2. The molecule has 28 heavy (non-hydrogen) atoms. The number of carbonyl (C=O) groups excluding carboxylic acids is 1. The molecule has 9 heteroatoms. The molecule has 2 aromatic rings. The first-order valence-corrected chi connectivity index (χ1v) is 8.93. The van der Waals surface area contributed by atoms with Crippen LogP contribution in [0.3, 0.4) is 0 Å². The summed E-state index contributed by atoms with van der Waals surface area (Å²) < 4.78 is 42.0. The van der Waals surface area contributed by atoms with Gasteiger partial charge < -0.3 is 4.52 Å². The second kappa shape index (κ2) is 8.72. The Morgan fingerprint density at radius 2 is 1.82 bits per heavy atom. The molecule has 0 saturated heterocycles. The zero-order valence-electron chi connectivity index (χ0n) is 16.3. The molecule has 1 aromatic carbocycles. The van der Waals surface area contributed by atoms with Gasteiger partial charge >= 0.3 is 12.1 Å². The van der Waals surface area contributed by atoms with Crippen LogP contribution in [0.2, 0.25) is 0 Å². The third-order valence-electron chi connectivity index (χ3n) is 3.62. The first kappa shape index (κ1) is 21.9. The molecule has 2 rings (SSSR count). The fourth-order valence-corrected chi connectivity index (χ4v) is 2.33. The van der Waals surface area contributed by atoms with Crippen LogP contribution >= 0.6 is 0 Å². The standard InChI is InChI=1S/C19H24F3N3O3/c1-5-10-27-25(15(26)11-18(2,3)4)12-13-6-8-14(9-7-13)16-23-17(28-24-16)19(20,21)22/h6-9H,5,10-12H2,1-4H3. The number of nitrogens with zero attached hydrogens (tertiary/aromatic N) is 3. The zero-order chi connectivity index (χ0) is 20.9. The van der Waals surface area contributed by atoms with Gasteiger partial charge in [0.2, 0.25) is 11.7 Å². The molecule has 1 heterocycles. The van der Waals surface area contributed by atoms with Crippen LogP contribution in [0.25, 0.3) is 11.4 Å². The molecule has 0 atom stereocenters. The molecule has 0 radical (unpaired) electrons. The van der Waals surface area contributed by atoms with E-state index >= 15 is 0 Å². The van der Waals surface area contributed by atoms with Crippen LogP contribution in [-0.2, 0) is 22.4 Å². The lowest BCUT2D eigenvalue weighted by atomic mass is 9.92. The highest BCUT2D eigenvalue weighted by molar-refractivity contribution is 5.75. The van der Waals surface area contributed by atoms with Crippen molar-refractivity contribution in [3.63, 3.8) is 0 Å². The quantitative estimate of drug-likeness (QED) is 0.622. The van der Waals surface area contributed by atoms with Crippen molar-refractivity contribution in [3.05, 3.63) is 35.7 Å². The summed E-state index contributed by atoms with van der Waals surface area (Å²) in [4.78, 5) is 21.5. The molecule has 0 aliphatic rings. The summed E-state index contributed by atoms with van der Waals surface area (Å²) in [6.07, 6.45) is -3.59. The average Bonchev–Trinajstić information content (AvgIpc) is 3.08. The molecule has 0 aliphatic carbocycles. The highest BCUT2D eigenvalue weighted by atomic mass is 19.4. The van der Waals surface area contributed by atoms with Gasteiger partial charge in [0.1, 0.15) is 0 Å². The first-order chi connectivity index (χ1) is 13.0. The van der Waals surface area contributed by atoms with Crippen molar-refractivity contribution in [2.75, 3.05) is 6.61 Å². The highest BCUT2D eigenvalue weighted by Gasteiger charge is 2.38. The second-order valence-electron chi connectivity index (χ2n) is 7.62. The van der Waals surface area contributed by atoms with Crippen molar-refractivity contribution < 1.29 is 27.3 Å². The Labute approximate surface area is 161 Å². The lowest BCUT2D eigenvalue weighted by Crippen LogP contribution is -2.33. The smallest absolute Gasteiger partial charge is 0.329 e. The minimum Gasteiger partial charge on any atom is -0.329 e. The Morgan fingerprint density at radius 1 is 1.18 bits per heavy atom. The number of alkyl halides is 3. The van der Waals surface area contributed by atoms with E-state index in [0.717, 1.165) is 12.0 Å². The maximum atomic E-state index is 12.6. The van der Waals surface area contributed by atoms with Crippen molar-refractivity contribution in [2.24, 2.45) is 5.41 Å². The lowest BCUT2D eigenvalue weighted by Gasteiger charge is -2.26. The molecule has 0 saturated carbocycles. The molecule has 6 nitrogen and oxygen atoms in total. The molecular formula is C19H24F3N3O3. The van der Waals surface area contributed by atoms with Gasteiger partial charge in [-0.25, -0.2) is 5.06 Å². The Bertz CT molecular complexity index is 780. The summed E-state index contributed by atoms with van der Waals surface area (Å²) in [5.41, 5.74) is 0.968. The van der Waals surface area contributed by atoms with Gasteiger partial charge in [0, 0.05) is 12.0 Å². The highest BCUT2D eigenvalue weighted by Crippen LogP contribution is 2.29. The van der Waals surface area contributed by atoms with E-state index in [-0.39, 0.29) is 23.7 Å². The van der Waals surface area contributed by atoms with Crippen LogP contribution in [-0.4, -0.2) is 27.7 Å².